The maximum absolute atomic E-state index is 10.2. The molecule has 0 saturated heterocycles. The van der Waals surface area contributed by atoms with Crippen LogP contribution in [-0.4, -0.2) is 13.0 Å². The highest BCUT2D eigenvalue weighted by atomic mass is 16.5. The SMILES string of the molecule is CCOc1ccc([C@@H](C)NC=O)cc1. The molecule has 14 heavy (non-hydrogen) atoms. The van der Waals surface area contributed by atoms with Crippen molar-refractivity contribution in [3.8, 4) is 5.75 Å². The molecule has 0 unspecified atom stereocenters. The molecule has 1 atom stereocenters. The number of carbonyl (C=O) groups is 1. The zero-order valence-corrected chi connectivity index (χ0v) is 8.49. The molecule has 3 heteroatoms. The largest absolute Gasteiger partial charge is 0.494 e. The Labute approximate surface area is 84.1 Å². The van der Waals surface area contributed by atoms with Crippen molar-refractivity contribution in [2.24, 2.45) is 0 Å². The van der Waals surface area contributed by atoms with Crippen LogP contribution in [0.25, 0.3) is 0 Å². The van der Waals surface area contributed by atoms with E-state index < -0.39 is 0 Å². The first-order chi connectivity index (χ1) is 6.77. The molecule has 0 heterocycles. The van der Waals surface area contributed by atoms with E-state index >= 15 is 0 Å². The van der Waals surface area contributed by atoms with Gasteiger partial charge in [-0.25, -0.2) is 0 Å². The molecule has 1 aromatic carbocycles. The van der Waals surface area contributed by atoms with Gasteiger partial charge in [-0.2, -0.15) is 0 Å². The fourth-order valence-electron chi connectivity index (χ4n) is 1.22. The summed E-state index contributed by atoms with van der Waals surface area (Å²) in [6.07, 6.45) is 0.709. The van der Waals surface area contributed by atoms with Gasteiger partial charge in [0.1, 0.15) is 5.75 Å². The molecule has 76 valence electrons. The lowest BCUT2D eigenvalue weighted by Gasteiger charge is -2.11. The Morgan fingerprint density at radius 2 is 2.07 bits per heavy atom. The van der Waals surface area contributed by atoms with Crippen LogP contribution in [0.1, 0.15) is 25.5 Å². The number of rotatable bonds is 5. The van der Waals surface area contributed by atoms with Crippen LogP contribution in [0.4, 0.5) is 0 Å². The molecule has 0 bridgehead atoms. The van der Waals surface area contributed by atoms with Gasteiger partial charge in [0.15, 0.2) is 0 Å². The number of hydrogen-bond donors (Lipinski definition) is 1. The van der Waals surface area contributed by atoms with Gasteiger partial charge in [0, 0.05) is 0 Å². The van der Waals surface area contributed by atoms with Gasteiger partial charge in [-0.05, 0) is 31.5 Å². The number of ether oxygens (including phenoxy) is 1. The zero-order valence-electron chi connectivity index (χ0n) is 8.49. The second-order valence-corrected chi connectivity index (χ2v) is 3.01. The van der Waals surface area contributed by atoms with Crippen molar-refractivity contribution < 1.29 is 9.53 Å². The summed E-state index contributed by atoms with van der Waals surface area (Å²) in [7, 11) is 0. The summed E-state index contributed by atoms with van der Waals surface area (Å²) >= 11 is 0. The molecular weight excluding hydrogens is 178 g/mol. The first-order valence-electron chi connectivity index (χ1n) is 4.70. The van der Waals surface area contributed by atoms with E-state index in [0.717, 1.165) is 11.3 Å². The average molecular weight is 193 g/mol. The molecular formula is C11H15NO2. The Morgan fingerprint density at radius 1 is 1.43 bits per heavy atom. The van der Waals surface area contributed by atoms with Gasteiger partial charge in [0.05, 0.1) is 12.6 Å². The van der Waals surface area contributed by atoms with Crippen molar-refractivity contribution in [2.45, 2.75) is 19.9 Å². The lowest BCUT2D eigenvalue weighted by molar-refractivity contribution is -0.110. The summed E-state index contributed by atoms with van der Waals surface area (Å²) in [5.74, 6) is 0.856. The third kappa shape index (κ3) is 2.76. The Bertz CT molecular complexity index is 282. The first kappa shape index (κ1) is 10.6. The van der Waals surface area contributed by atoms with Crippen LogP contribution in [0, 0.1) is 0 Å². The third-order valence-corrected chi connectivity index (χ3v) is 2.01. The van der Waals surface area contributed by atoms with Gasteiger partial charge in [-0.15, -0.1) is 0 Å². The molecule has 1 N–H and O–H groups in total. The summed E-state index contributed by atoms with van der Waals surface area (Å²) in [6.45, 7) is 4.55. The van der Waals surface area contributed by atoms with Gasteiger partial charge in [0.25, 0.3) is 0 Å². The van der Waals surface area contributed by atoms with Crippen LogP contribution >= 0.6 is 0 Å². The summed E-state index contributed by atoms with van der Waals surface area (Å²) < 4.78 is 5.31. The molecule has 0 radical (unpaired) electrons. The van der Waals surface area contributed by atoms with E-state index in [9.17, 15) is 4.79 Å². The quantitative estimate of drug-likeness (QED) is 0.725. The molecule has 3 nitrogen and oxygen atoms in total. The summed E-state index contributed by atoms with van der Waals surface area (Å²) in [5, 5.41) is 2.69. The van der Waals surface area contributed by atoms with E-state index in [4.69, 9.17) is 4.74 Å². The number of carbonyl (C=O) groups excluding carboxylic acids is 1. The predicted octanol–water partition coefficient (Wildman–Crippen LogP) is 1.89. The van der Waals surface area contributed by atoms with Gasteiger partial charge < -0.3 is 10.1 Å². The molecule has 1 aromatic rings. The summed E-state index contributed by atoms with van der Waals surface area (Å²) in [5.41, 5.74) is 1.07. The number of nitrogens with one attached hydrogen (secondary N) is 1. The maximum atomic E-state index is 10.2. The molecule has 0 fully saturated rings. The molecule has 0 saturated carbocycles. The second-order valence-electron chi connectivity index (χ2n) is 3.01. The van der Waals surface area contributed by atoms with E-state index in [1.165, 1.54) is 0 Å². The van der Waals surface area contributed by atoms with Crippen LogP contribution in [0.5, 0.6) is 5.75 Å². The molecule has 0 aliphatic rings. The van der Waals surface area contributed by atoms with E-state index in [-0.39, 0.29) is 6.04 Å². The minimum Gasteiger partial charge on any atom is -0.494 e. The molecule has 0 aliphatic carbocycles. The Balaban J connectivity index is 2.67. The average Bonchev–Trinajstić information content (AvgIpc) is 2.20. The third-order valence-electron chi connectivity index (χ3n) is 2.01. The number of amides is 1. The van der Waals surface area contributed by atoms with E-state index in [1.54, 1.807) is 0 Å². The monoisotopic (exact) mass is 193 g/mol. The van der Waals surface area contributed by atoms with Gasteiger partial charge >= 0.3 is 0 Å². The number of benzene rings is 1. The van der Waals surface area contributed by atoms with E-state index in [2.05, 4.69) is 5.32 Å². The van der Waals surface area contributed by atoms with Crippen LogP contribution in [0.15, 0.2) is 24.3 Å². The highest BCUT2D eigenvalue weighted by Crippen LogP contribution is 2.16. The molecule has 0 spiro atoms. The van der Waals surface area contributed by atoms with Crippen LogP contribution in [-0.2, 0) is 4.79 Å². The Hall–Kier alpha value is -1.51. The smallest absolute Gasteiger partial charge is 0.207 e. The van der Waals surface area contributed by atoms with Crippen molar-refractivity contribution in [2.75, 3.05) is 6.61 Å². The Morgan fingerprint density at radius 3 is 2.57 bits per heavy atom. The van der Waals surface area contributed by atoms with Crippen LogP contribution < -0.4 is 10.1 Å². The van der Waals surface area contributed by atoms with Gasteiger partial charge in [-0.1, -0.05) is 12.1 Å². The van der Waals surface area contributed by atoms with Crippen molar-refractivity contribution in [1.29, 1.82) is 0 Å². The standard InChI is InChI=1S/C11H15NO2/c1-3-14-11-6-4-10(5-7-11)9(2)12-8-13/h4-9H,3H2,1-2H3,(H,12,13)/t9-/m1/s1. The molecule has 1 amide bonds. The van der Waals surface area contributed by atoms with Crippen molar-refractivity contribution in [1.82, 2.24) is 5.32 Å². The highest BCUT2D eigenvalue weighted by Gasteiger charge is 2.02. The molecule has 0 aliphatic heterocycles. The predicted molar refractivity (Wildman–Crippen MR) is 55.2 cm³/mol. The topological polar surface area (TPSA) is 38.3 Å². The fourth-order valence-corrected chi connectivity index (χ4v) is 1.22. The lowest BCUT2D eigenvalue weighted by Crippen LogP contribution is -2.15. The normalized spacial score (nSPS) is 11.9. The fraction of sp³-hybridized carbons (Fsp3) is 0.364. The maximum Gasteiger partial charge on any atom is 0.207 e. The summed E-state index contributed by atoms with van der Waals surface area (Å²) in [4.78, 5) is 10.2. The van der Waals surface area contributed by atoms with E-state index in [0.29, 0.717) is 13.0 Å². The zero-order chi connectivity index (χ0) is 10.4. The van der Waals surface area contributed by atoms with Crippen LogP contribution in [0.3, 0.4) is 0 Å². The lowest BCUT2D eigenvalue weighted by atomic mass is 10.1. The highest BCUT2D eigenvalue weighted by molar-refractivity contribution is 5.47. The minimum atomic E-state index is 0.0446. The van der Waals surface area contributed by atoms with Gasteiger partial charge in [0.2, 0.25) is 6.41 Å². The van der Waals surface area contributed by atoms with E-state index in [1.807, 2.05) is 38.1 Å². The molecule has 0 aromatic heterocycles. The minimum absolute atomic E-state index is 0.0446. The van der Waals surface area contributed by atoms with Gasteiger partial charge in [-0.3, -0.25) is 4.79 Å². The van der Waals surface area contributed by atoms with Crippen LogP contribution in [0.2, 0.25) is 0 Å². The Kier molecular flexibility index (Phi) is 3.98. The second kappa shape index (κ2) is 5.27. The summed E-state index contributed by atoms with van der Waals surface area (Å²) in [6, 6.07) is 7.75. The van der Waals surface area contributed by atoms with Crippen molar-refractivity contribution in [3.63, 3.8) is 0 Å². The first-order valence-corrected chi connectivity index (χ1v) is 4.70. The molecule has 1 rings (SSSR count). The van der Waals surface area contributed by atoms with Crippen molar-refractivity contribution in [3.05, 3.63) is 29.8 Å². The number of hydrogen-bond acceptors (Lipinski definition) is 2. The van der Waals surface area contributed by atoms with Crippen molar-refractivity contribution >= 4 is 6.41 Å².